The minimum Gasteiger partial charge on any atom is -0.272 e. The molecule has 1 fully saturated rings. The second-order valence-corrected chi connectivity index (χ2v) is 8.69. The number of hydrogen-bond donors (Lipinski definition) is 0. The van der Waals surface area contributed by atoms with Crippen LogP contribution in [-0.2, 0) is 9.59 Å². The summed E-state index contributed by atoms with van der Waals surface area (Å²) in [7, 11) is 0. The lowest BCUT2D eigenvalue weighted by molar-refractivity contribution is -0.126. The minimum absolute atomic E-state index is 0.233. The molecule has 2 amide bonds. The highest BCUT2D eigenvalue weighted by Gasteiger charge is 2.46. The van der Waals surface area contributed by atoms with Crippen LogP contribution in [0.3, 0.4) is 0 Å². The Morgan fingerprint density at radius 1 is 0.700 bits per heavy atom. The van der Waals surface area contributed by atoms with Gasteiger partial charge in [-0.3, -0.25) is 9.59 Å². The SMILES string of the molecule is O=C1C(C/C=C/c2ccccc2)C(=O)N(c2ccc(Br)cc2)N1c1ccc(Br)cc1. The molecule has 4 rings (SSSR count). The van der Waals surface area contributed by atoms with Gasteiger partial charge in [0.2, 0.25) is 0 Å². The minimum atomic E-state index is -0.766. The van der Waals surface area contributed by atoms with E-state index in [0.717, 1.165) is 14.5 Å². The third kappa shape index (κ3) is 4.25. The zero-order chi connectivity index (χ0) is 21.1. The second kappa shape index (κ2) is 8.98. The van der Waals surface area contributed by atoms with Crippen molar-refractivity contribution in [2.75, 3.05) is 10.0 Å². The van der Waals surface area contributed by atoms with Gasteiger partial charge in [-0.1, -0.05) is 74.3 Å². The quantitative estimate of drug-likeness (QED) is 0.371. The molecule has 0 aromatic heterocycles. The van der Waals surface area contributed by atoms with Gasteiger partial charge in [0.05, 0.1) is 11.4 Å². The predicted octanol–water partition coefficient (Wildman–Crippen LogP) is 6.23. The summed E-state index contributed by atoms with van der Waals surface area (Å²) in [5.41, 5.74) is 2.33. The maximum atomic E-state index is 13.3. The van der Waals surface area contributed by atoms with Crippen molar-refractivity contribution in [3.8, 4) is 0 Å². The first-order valence-electron chi connectivity index (χ1n) is 9.45. The number of nitrogens with zero attached hydrogens (tertiary/aromatic N) is 2. The van der Waals surface area contributed by atoms with Crippen LogP contribution in [0.2, 0.25) is 0 Å². The van der Waals surface area contributed by atoms with E-state index in [-0.39, 0.29) is 11.8 Å². The molecule has 1 aliphatic heterocycles. The highest BCUT2D eigenvalue weighted by Crippen LogP contribution is 2.34. The van der Waals surface area contributed by atoms with Crippen LogP contribution < -0.4 is 10.0 Å². The molecule has 4 nitrogen and oxygen atoms in total. The molecule has 0 spiro atoms. The van der Waals surface area contributed by atoms with Crippen LogP contribution in [0.4, 0.5) is 11.4 Å². The Morgan fingerprint density at radius 2 is 1.17 bits per heavy atom. The van der Waals surface area contributed by atoms with Gasteiger partial charge >= 0.3 is 0 Å². The van der Waals surface area contributed by atoms with Crippen LogP contribution in [0.1, 0.15) is 12.0 Å². The largest absolute Gasteiger partial charge is 0.272 e. The lowest BCUT2D eigenvalue weighted by Gasteiger charge is -2.27. The molecule has 1 saturated heterocycles. The summed E-state index contributed by atoms with van der Waals surface area (Å²) in [6, 6.07) is 24.5. The van der Waals surface area contributed by atoms with E-state index in [1.807, 2.05) is 91.0 Å². The van der Waals surface area contributed by atoms with Gasteiger partial charge in [0.1, 0.15) is 5.92 Å². The van der Waals surface area contributed by atoms with Gasteiger partial charge in [0.15, 0.2) is 0 Å². The van der Waals surface area contributed by atoms with E-state index in [2.05, 4.69) is 31.9 Å². The van der Waals surface area contributed by atoms with Crippen molar-refractivity contribution in [2.45, 2.75) is 6.42 Å². The number of benzene rings is 3. The van der Waals surface area contributed by atoms with Crippen LogP contribution >= 0.6 is 31.9 Å². The fourth-order valence-corrected chi connectivity index (χ4v) is 3.88. The lowest BCUT2D eigenvalue weighted by Crippen LogP contribution is -2.41. The Balaban J connectivity index is 1.66. The number of allylic oxidation sites excluding steroid dienone is 1. The maximum Gasteiger partial charge on any atom is 0.259 e. The molecule has 0 atom stereocenters. The van der Waals surface area contributed by atoms with E-state index in [9.17, 15) is 9.59 Å². The van der Waals surface area contributed by atoms with E-state index >= 15 is 0 Å². The molecule has 1 aliphatic rings. The van der Waals surface area contributed by atoms with E-state index in [4.69, 9.17) is 0 Å². The zero-order valence-corrected chi connectivity index (χ0v) is 19.1. The predicted molar refractivity (Wildman–Crippen MR) is 127 cm³/mol. The summed E-state index contributed by atoms with van der Waals surface area (Å²) in [5.74, 6) is -1.23. The van der Waals surface area contributed by atoms with Gasteiger partial charge in [-0.2, -0.15) is 0 Å². The van der Waals surface area contributed by atoms with Crippen LogP contribution in [-0.4, -0.2) is 11.8 Å². The van der Waals surface area contributed by atoms with Crippen molar-refractivity contribution in [3.05, 3.63) is 99.4 Å². The number of hydrogen-bond acceptors (Lipinski definition) is 2. The highest BCUT2D eigenvalue weighted by atomic mass is 79.9. The molecule has 6 heteroatoms. The first-order chi connectivity index (χ1) is 14.5. The zero-order valence-electron chi connectivity index (χ0n) is 15.9. The first kappa shape index (κ1) is 20.6. The molecular formula is C24H18Br2N2O2. The summed E-state index contributed by atoms with van der Waals surface area (Å²) in [5, 5.41) is 2.94. The van der Waals surface area contributed by atoms with Crippen molar-refractivity contribution in [3.63, 3.8) is 0 Å². The third-order valence-corrected chi connectivity index (χ3v) is 5.90. The van der Waals surface area contributed by atoms with Gasteiger partial charge in [-0.25, -0.2) is 10.0 Å². The summed E-state index contributed by atoms with van der Waals surface area (Å²) in [6.07, 6.45) is 4.17. The van der Waals surface area contributed by atoms with E-state index < -0.39 is 5.92 Å². The van der Waals surface area contributed by atoms with Crippen LogP contribution in [0, 0.1) is 5.92 Å². The molecule has 150 valence electrons. The Bertz CT molecular complexity index is 1020. The summed E-state index contributed by atoms with van der Waals surface area (Å²) < 4.78 is 1.81. The monoisotopic (exact) mass is 524 g/mol. The average molecular weight is 526 g/mol. The standard InChI is InChI=1S/C24H18Br2N2O2/c25-18-9-13-20(14-10-18)27-23(29)22(8-4-7-17-5-2-1-3-6-17)24(30)28(27)21-15-11-19(26)12-16-21/h1-7,9-16,22H,8H2/b7-4+. The molecule has 0 bridgehead atoms. The fraction of sp³-hybridized carbons (Fsp3) is 0.0833. The van der Waals surface area contributed by atoms with Gasteiger partial charge in [0.25, 0.3) is 11.8 Å². The summed E-state index contributed by atoms with van der Waals surface area (Å²) >= 11 is 6.84. The fourth-order valence-electron chi connectivity index (χ4n) is 3.35. The molecule has 0 N–H and O–H groups in total. The second-order valence-electron chi connectivity index (χ2n) is 6.85. The Kier molecular flexibility index (Phi) is 6.16. The summed E-state index contributed by atoms with van der Waals surface area (Å²) in [4.78, 5) is 26.6. The van der Waals surface area contributed by atoms with Crippen molar-refractivity contribution >= 4 is 61.1 Å². The molecule has 3 aromatic carbocycles. The van der Waals surface area contributed by atoms with E-state index in [0.29, 0.717) is 17.8 Å². The van der Waals surface area contributed by atoms with Gasteiger partial charge in [-0.15, -0.1) is 0 Å². The Morgan fingerprint density at radius 3 is 1.63 bits per heavy atom. The van der Waals surface area contributed by atoms with Crippen LogP contribution in [0.25, 0.3) is 6.08 Å². The van der Waals surface area contributed by atoms with Crippen molar-refractivity contribution < 1.29 is 9.59 Å². The van der Waals surface area contributed by atoms with Crippen molar-refractivity contribution in [1.82, 2.24) is 0 Å². The van der Waals surface area contributed by atoms with Gasteiger partial charge in [0, 0.05) is 8.95 Å². The van der Waals surface area contributed by atoms with E-state index in [1.165, 1.54) is 10.0 Å². The number of carbonyl (C=O) groups excluding carboxylic acids is 2. The molecule has 0 radical (unpaired) electrons. The maximum absolute atomic E-state index is 13.3. The van der Waals surface area contributed by atoms with Crippen molar-refractivity contribution in [2.24, 2.45) is 5.92 Å². The number of halogens is 2. The molecule has 30 heavy (non-hydrogen) atoms. The molecular weight excluding hydrogens is 508 g/mol. The van der Waals surface area contributed by atoms with Gasteiger partial charge in [-0.05, 0) is 60.5 Å². The molecule has 3 aromatic rings. The smallest absolute Gasteiger partial charge is 0.259 e. The first-order valence-corrected chi connectivity index (χ1v) is 11.0. The summed E-state index contributed by atoms with van der Waals surface area (Å²) in [6.45, 7) is 0. The molecule has 0 unspecified atom stereocenters. The molecule has 0 saturated carbocycles. The number of carbonyl (C=O) groups is 2. The molecule has 0 aliphatic carbocycles. The van der Waals surface area contributed by atoms with Gasteiger partial charge < -0.3 is 0 Å². The Labute approximate surface area is 192 Å². The normalized spacial score (nSPS) is 14.9. The van der Waals surface area contributed by atoms with Crippen molar-refractivity contribution in [1.29, 1.82) is 0 Å². The highest BCUT2D eigenvalue weighted by molar-refractivity contribution is 9.10. The average Bonchev–Trinajstić information content (AvgIpc) is 3.00. The van der Waals surface area contributed by atoms with Crippen LogP contribution in [0.5, 0.6) is 0 Å². The van der Waals surface area contributed by atoms with Crippen LogP contribution in [0.15, 0.2) is 93.9 Å². The number of rotatable bonds is 5. The topological polar surface area (TPSA) is 40.6 Å². The molecule has 1 heterocycles. The third-order valence-electron chi connectivity index (χ3n) is 4.84. The Hall–Kier alpha value is -2.70. The lowest BCUT2D eigenvalue weighted by atomic mass is 10.0. The number of anilines is 2. The number of amides is 2. The number of hydrazine groups is 1. The van der Waals surface area contributed by atoms with E-state index in [1.54, 1.807) is 0 Å².